The number of piperazine rings is 1. The number of rotatable bonds is 4. The first-order chi connectivity index (χ1) is 12.5. The van der Waals surface area contributed by atoms with Gasteiger partial charge in [0.15, 0.2) is 5.11 Å². The van der Waals surface area contributed by atoms with E-state index in [4.69, 9.17) is 35.4 Å². The molecule has 3 rings (SSSR count). The molecule has 0 unspecified atom stereocenters. The minimum absolute atomic E-state index is 0.0663. The molecule has 1 aromatic carbocycles. The molecule has 1 heterocycles. The van der Waals surface area contributed by atoms with Crippen LogP contribution in [0.5, 0.6) is 0 Å². The number of hydrogen-bond acceptors (Lipinski definition) is 3. The Morgan fingerprint density at radius 1 is 1.08 bits per heavy atom. The molecule has 26 heavy (non-hydrogen) atoms. The van der Waals surface area contributed by atoms with Crippen LogP contribution in [-0.2, 0) is 4.79 Å². The summed E-state index contributed by atoms with van der Waals surface area (Å²) in [6, 6.07) is 5.56. The smallest absolute Gasteiger partial charge is 0.238 e. The van der Waals surface area contributed by atoms with Gasteiger partial charge in [-0.25, -0.2) is 0 Å². The van der Waals surface area contributed by atoms with E-state index in [9.17, 15) is 4.79 Å². The molecule has 0 radical (unpaired) electrons. The summed E-state index contributed by atoms with van der Waals surface area (Å²) in [5, 5.41) is 8.20. The van der Waals surface area contributed by atoms with Crippen molar-refractivity contribution in [3.8, 4) is 0 Å². The SMILES string of the molecule is O=C(CN1CCN(C(=S)NC2CCCC2)CC1)Nc1cc(Cl)cc(Cl)c1. The van der Waals surface area contributed by atoms with Crippen LogP contribution in [-0.4, -0.2) is 59.6 Å². The third-order valence-electron chi connectivity index (χ3n) is 4.86. The highest BCUT2D eigenvalue weighted by atomic mass is 35.5. The molecule has 1 saturated carbocycles. The lowest BCUT2D eigenvalue weighted by Crippen LogP contribution is -2.54. The van der Waals surface area contributed by atoms with Crippen molar-refractivity contribution in [2.45, 2.75) is 31.7 Å². The molecule has 2 N–H and O–H groups in total. The molecule has 1 saturated heterocycles. The Kier molecular flexibility index (Phi) is 6.98. The molecule has 2 fully saturated rings. The van der Waals surface area contributed by atoms with Crippen molar-refractivity contribution in [1.29, 1.82) is 0 Å². The van der Waals surface area contributed by atoms with E-state index in [1.807, 2.05) is 0 Å². The van der Waals surface area contributed by atoms with Crippen LogP contribution in [0, 0.1) is 0 Å². The molecule has 0 bridgehead atoms. The van der Waals surface area contributed by atoms with Crippen molar-refractivity contribution in [2.24, 2.45) is 0 Å². The highest BCUT2D eigenvalue weighted by molar-refractivity contribution is 7.80. The van der Waals surface area contributed by atoms with Crippen molar-refractivity contribution in [1.82, 2.24) is 15.1 Å². The van der Waals surface area contributed by atoms with Crippen molar-refractivity contribution in [3.05, 3.63) is 28.2 Å². The molecule has 5 nitrogen and oxygen atoms in total. The Morgan fingerprint density at radius 3 is 2.31 bits per heavy atom. The quantitative estimate of drug-likeness (QED) is 0.739. The zero-order valence-electron chi connectivity index (χ0n) is 14.6. The van der Waals surface area contributed by atoms with Crippen molar-refractivity contribution in [3.63, 3.8) is 0 Å². The van der Waals surface area contributed by atoms with Crippen molar-refractivity contribution in [2.75, 3.05) is 38.0 Å². The number of nitrogens with one attached hydrogen (secondary N) is 2. The van der Waals surface area contributed by atoms with Crippen LogP contribution in [0.25, 0.3) is 0 Å². The summed E-state index contributed by atoms with van der Waals surface area (Å²) < 4.78 is 0. The Labute approximate surface area is 170 Å². The third-order valence-corrected chi connectivity index (χ3v) is 5.67. The number of benzene rings is 1. The van der Waals surface area contributed by atoms with E-state index in [0.29, 0.717) is 28.3 Å². The predicted octanol–water partition coefficient (Wildman–Crippen LogP) is 3.37. The van der Waals surface area contributed by atoms with E-state index in [-0.39, 0.29) is 5.91 Å². The van der Waals surface area contributed by atoms with E-state index in [2.05, 4.69) is 20.4 Å². The van der Waals surface area contributed by atoms with Crippen LogP contribution in [0.2, 0.25) is 10.0 Å². The second-order valence-electron chi connectivity index (χ2n) is 6.90. The number of amides is 1. The number of hydrogen-bond donors (Lipinski definition) is 2. The Bertz CT molecular complexity index is 638. The highest BCUT2D eigenvalue weighted by Crippen LogP contribution is 2.22. The number of nitrogens with zero attached hydrogens (tertiary/aromatic N) is 2. The van der Waals surface area contributed by atoms with Crippen LogP contribution in [0.4, 0.5) is 5.69 Å². The molecule has 1 aromatic rings. The number of carbonyl (C=O) groups excluding carboxylic acids is 1. The van der Waals surface area contributed by atoms with Gasteiger partial charge in [0.1, 0.15) is 0 Å². The Morgan fingerprint density at radius 2 is 1.69 bits per heavy atom. The molecular formula is C18H24Cl2N4OS. The summed E-state index contributed by atoms with van der Waals surface area (Å²) in [7, 11) is 0. The van der Waals surface area contributed by atoms with Gasteiger partial charge in [-0.1, -0.05) is 36.0 Å². The van der Waals surface area contributed by atoms with Crippen molar-refractivity contribution >= 4 is 52.1 Å². The molecule has 1 aliphatic heterocycles. The minimum atomic E-state index is -0.0663. The van der Waals surface area contributed by atoms with E-state index in [0.717, 1.165) is 31.3 Å². The standard InChI is InChI=1S/C18H24Cl2N4OS/c19-13-9-14(20)11-16(10-13)21-17(25)12-23-5-7-24(8-6-23)18(26)22-15-3-1-2-4-15/h9-11,15H,1-8,12H2,(H,21,25)(H,22,26). The van der Waals surface area contributed by atoms with E-state index >= 15 is 0 Å². The van der Waals surface area contributed by atoms with E-state index in [1.165, 1.54) is 25.7 Å². The fourth-order valence-corrected chi connectivity index (χ4v) is 4.35. The predicted molar refractivity (Wildman–Crippen MR) is 111 cm³/mol. The van der Waals surface area contributed by atoms with Crippen LogP contribution >= 0.6 is 35.4 Å². The van der Waals surface area contributed by atoms with E-state index < -0.39 is 0 Å². The lowest BCUT2D eigenvalue weighted by Gasteiger charge is -2.36. The van der Waals surface area contributed by atoms with Gasteiger partial charge in [0.05, 0.1) is 6.54 Å². The Hall–Kier alpha value is -1.08. The summed E-state index contributed by atoms with van der Waals surface area (Å²) >= 11 is 17.5. The lowest BCUT2D eigenvalue weighted by molar-refractivity contribution is -0.117. The average Bonchev–Trinajstić information content (AvgIpc) is 3.07. The molecule has 1 aliphatic carbocycles. The summed E-state index contributed by atoms with van der Waals surface area (Å²) in [5.74, 6) is -0.0663. The zero-order valence-corrected chi connectivity index (χ0v) is 17.0. The van der Waals surface area contributed by atoms with Crippen LogP contribution in [0.15, 0.2) is 18.2 Å². The molecule has 2 aliphatic rings. The maximum atomic E-state index is 12.3. The summed E-state index contributed by atoms with van der Waals surface area (Å²) in [4.78, 5) is 16.6. The zero-order chi connectivity index (χ0) is 18.5. The molecular weight excluding hydrogens is 391 g/mol. The lowest BCUT2D eigenvalue weighted by atomic mass is 10.2. The first kappa shape index (κ1) is 19.7. The van der Waals surface area contributed by atoms with Gasteiger partial charge in [-0.2, -0.15) is 0 Å². The largest absolute Gasteiger partial charge is 0.360 e. The molecule has 1 amide bonds. The topological polar surface area (TPSA) is 47.6 Å². The van der Waals surface area contributed by atoms with Crippen LogP contribution < -0.4 is 10.6 Å². The number of carbonyl (C=O) groups is 1. The second kappa shape index (κ2) is 9.22. The van der Waals surface area contributed by atoms with Crippen molar-refractivity contribution < 1.29 is 4.79 Å². The van der Waals surface area contributed by atoms with E-state index in [1.54, 1.807) is 18.2 Å². The summed E-state index contributed by atoms with van der Waals surface area (Å²) in [6.07, 6.45) is 5.02. The van der Waals surface area contributed by atoms with Gasteiger partial charge in [0.25, 0.3) is 0 Å². The second-order valence-corrected chi connectivity index (χ2v) is 8.16. The Balaban J connectivity index is 1.41. The minimum Gasteiger partial charge on any atom is -0.360 e. The first-order valence-corrected chi connectivity index (χ1v) is 10.2. The monoisotopic (exact) mass is 414 g/mol. The average molecular weight is 415 g/mol. The van der Waals surface area contributed by atoms with Crippen LogP contribution in [0.3, 0.4) is 0 Å². The van der Waals surface area contributed by atoms with Gasteiger partial charge in [-0.3, -0.25) is 9.69 Å². The maximum absolute atomic E-state index is 12.3. The number of anilines is 1. The normalized spacial score (nSPS) is 18.8. The van der Waals surface area contributed by atoms with Gasteiger partial charge in [-0.15, -0.1) is 0 Å². The number of thiocarbonyl (C=S) groups is 1. The summed E-state index contributed by atoms with van der Waals surface area (Å²) in [5.41, 5.74) is 0.619. The van der Waals surface area contributed by atoms with Gasteiger partial charge < -0.3 is 15.5 Å². The molecule has 0 atom stereocenters. The molecule has 0 aromatic heterocycles. The maximum Gasteiger partial charge on any atom is 0.238 e. The van der Waals surface area contributed by atoms with Gasteiger partial charge in [0, 0.05) is 48.0 Å². The fraction of sp³-hybridized carbons (Fsp3) is 0.556. The molecule has 8 heteroatoms. The number of halogens is 2. The third kappa shape index (κ3) is 5.71. The summed E-state index contributed by atoms with van der Waals surface area (Å²) in [6.45, 7) is 3.66. The van der Waals surface area contributed by atoms with Gasteiger partial charge >= 0.3 is 0 Å². The fourth-order valence-electron chi connectivity index (χ4n) is 3.47. The molecule has 142 valence electrons. The highest BCUT2D eigenvalue weighted by Gasteiger charge is 2.23. The van der Waals surface area contributed by atoms with Crippen LogP contribution in [0.1, 0.15) is 25.7 Å². The van der Waals surface area contributed by atoms with Gasteiger partial charge in [0.2, 0.25) is 5.91 Å². The molecule has 0 spiro atoms. The first-order valence-electron chi connectivity index (χ1n) is 9.03. The van der Waals surface area contributed by atoms with Gasteiger partial charge in [-0.05, 0) is 43.3 Å².